The van der Waals surface area contributed by atoms with Crippen LogP contribution in [0.15, 0.2) is 92.9 Å². The molecular weight excluding hydrogens is 817 g/mol. The third-order valence-corrected chi connectivity index (χ3v) is 12.4. The topological polar surface area (TPSA) is 236 Å². The van der Waals surface area contributed by atoms with Gasteiger partial charge in [0.1, 0.15) is 0 Å². The lowest BCUT2D eigenvalue weighted by molar-refractivity contribution is -0.677. The molecule has 314 valence electrons. The fraction of sp³-hybridized carbons (Fsp3) is 0.410. The Labute approximate surface area is 337 Å². The zero-order valence-electron chi connectivity index (χ0n) is 32.5. The van der Waals surface area contributed by atoms with Crippen LogP contribution in [0.5, 0.6) is 0 Å². The van der Waals surface area contributed by atoms with Gasteiger partial charge >= 0.3 is 17.8 Å². The van der Waals surface area contributed by atoms with Crippen LogP contribution >= 0.6 is 0 Å². The largest absolute Gasteiger partial charge is 0.465 e. The van der Waals surface area contributed by atoms with Crippen molar-refractivity contribution in [3.05, 3.63) is 95.1 Å². The Morgan fingerprint density at radius 2 is 1.50 bits per heavy atom. The number of hydrogen-bond acceptors (Lipinski definition) is 12. The van der Waals surface area contributed by atoms with Crippen LogP contribution in [0.25, 0.3) is 17.2 Å². The van der Waals surface area contributed by atoms with Gasteiger partial charge in [0.2, 0.25) is 5.58 Å². The molecule has 0 amide bonds. The Kier molecular flexibility index (Phi) is 13.2. The Bertz CT molecular complexity index is 2530. The normalized spacial score (nSPS) is 18.2. The number of allylic oxidation sites excluding steroid dienone is 7. The molecule has 19 heteroatoms. The molecule has 1 aliphatic heterocycles. The fourth-order valence-corrected chi connectivity index (χ4v) is 8.86. The molecule has 58 heavy (non-hydrogen) atoms. The molecule has 5 rings (SSSR count). The first-order chi connectivity index (χ1) is 27.1. The van der Waals surface area contributed by atoms with Crippen LogP contribution < -0.4 is 9.47 Å². The quantitative estimate of drug-likeness (QED) is 0.0746. The molecule has 3 aromatic rings. The van der Waals surface area contributed by atoms with Crippen molar-refractivity contribution in [2.75, 3.05) is 36.2 Å². The maximum atomic E-state index is 13.8. The minimum absolute atomic E-state index is 0.00356. The van der Waals surface area contributed by atoms with Gasteiger partial charge in [-0.2, -0.15) is 29.8 Å². The van der Waals surface area contributed by atoms with Crippen LogP contribution in [-0.4, -0.2) is 82.1 Å². The van der Waals surface area contributed by atoms with Gasteiger partial charge in [0.05, 0.1) is 35.7 Å². The lowest BCUT2D eigenvalue weighted by Gasteiger charge is -2.33. The summed E-state index contributed by atoms with van der Waals surface area (Å²) in [6, 6.07) is 11.2. The second kappa shape index (κ2) is 17.3. The summed E-state index contributed by atoms with van der Waals surface area (Å²) in [6.45, 7) is 7.10. The zero-order chi connectivity index (χ0) is 42.7. The van der Waals surface area contributed by atoms with Gasteiger partial charge in [-0.05, 0) is 86.2 Å². The van der Waals surface area contributed by atoms with Crippen LogP contribution in [0.2, 0.25) is 0 Å². The van der Waals surface area contributed by atoms with E-state index >= 15 is 0 Å². The molecule has 16 nitrogen and oxygen atoms in total. The van der Waals surface area contributed by atoms with E-state index in [4.69, 9.17) is 13.9 Å². The molecule has 0 spiro atoms. The predicted octanol–water partition coefficient (Wildman–Crippen LogP) is 4.98. The SMILES string of the molecule is CCOC(=O)C1(C(=O)OCC)CC(=CC=C2N(CCCS(=O)(=O)O)c3ccc(S(=O)(=O)O)cc3C2(C)C)C=C(C=Cc2oc3ccccc3[n+]2CCCS(=O)(=O)O)C1. The number of nitrogens with zero attached hydrogens (tertiary/aromatic N) is 2. The summed E-state index contributed by atoms with van der Waals surface area (Å²) in [5.41, 5.74) is 1.09. The summed E-state index contributed by atoms with van der Waals surface area (Å²) in [5, 5.41) is 0. The first-order valence-corrected chi connectivity index (χ1v) is 23.1. The maximum absolute atomic E-state index is 13.8. The van der Waals surface area contributed by atoms with Gasteiger partial charge in [-0.15, -0.1) is 0 Å². The highest BCUT2D eigenvalue weighted by molar-refractivity contribution is 7.86. The van der Waals surface area contributed by atoms with E-state index in [0.717, 1.165) is 0 Å². The maximum Gasteiger partial charge on any atom is 0.374 e. The van der Waals surface area contributed by atoms with Crippen LogP contribution in [0, 0.1) is 5.41 Å². The first-order valence-electron chi connectivity index (χ1n) is 18.5. The summed E-state index contributed by atoms with van der Waals surface area (Å²) in [6.07, 6.45) is 8.33. The van der Waals surface area contributed by atoms with Gasteiger partial charge in [-0.25, -0.2) is 0 Å². The highest BCUT2D eigenvalue weighted by Crippen LogP contribution is 2.49. The smallest absolute Gasteiger partial charge is 0.374 e. The van der Waals surface area contributed by atoms with E-state index in [2.05, 4.69) is 0 Å². The molecule has 0 atom stereocenters. The summed E-state index contributed by atoms with van der Waals surface area (Å²) >= 11 is 0. The molecule has 0 bridgehead atoms. The number of rotatable bonds is 16. The van der Waals surface area contributed by atoms with Crippen LogP contribution in [0.4, 0.5) is 5.69 Å². The molecule has 2 aromatic carbocycles. The van der Waals surface area contributed by atoms with Gasteiger partial charge in [-0.1, -0.05) is 38.1 Å². The van der Waals surface area contributed by atoms with Crippen molar-refractivity contribution in [2.24, 2.45) is 5.41 Å². The van der Waals surface area contributed by atoms with Crippen molar-refractivity contribution in [3.63, 3.8) is 0 Å². The molecule has 0 radical (unpaired) electrons. The van der Waals surface area contributed by atoms with Crippen LogP contribution in [-0.2, 0) is 61.4 Å². The minimum Gasteiger partial charge on any atom is -0.465 e. The third-order valence-electron chi connectivity index (χ3n) is 9.98. The average molecular weight is 864 g/mol. The van der Waals surface area contributed by atoms with E-state index in [1.54, 1.807) is 78.0 Å². The molecule has 1 aromatic heterocycles. The van der Waals surface area contributed by atoms with Gasteiger partial charge in [0, 0.05) is 35.8 Å². The lowest BCUT2D eigenvalue weighted by atomic mass is 9.71. The second-order valence-corrected chi connectivity index (χ2v) is 19.1. The monoisotopic (exact) mass is 863 g/mol. The van der Waals surface area contributed by atoms with Gasteiger partial charge in [0.25, 0.3) is 35.9 Å². The molecule has 3 N–H and O–H groups in total. The molecule has 0 saturated heterocycles. The summed E-state index contributed by atoms with van der Waals surface area (Å²) in [4.78, 5) is 29.0. The van der Waals surface area contributed by atoms with Gasteiger partial charge < -0.3 is 18.8 Å². The van der Waals surface area contributed by atoms with Crippen molar-refractivity contribution in [2.45, 2.75) is 70.2 Å². The standard InChI is InChI=1S/C39H46N2O14S3/c1-5-53-36(42)39(37(43)54-6-2)25-27(23-28(26-39)14-18-35-41(20-10-22-57(47,48)49)32-11-7-8-12-33(32)55-35)13-17-34-38(3,4)30-24-29(58(50,51)52)15-16-31(30)40(34)19-9-21-56(44,45)46/h7-8,11-18,23-24H,5-6,9-10,19-22,25-26H2,1-4H3,(H2-,44,45,46,47,48,49,50,51,52)/p+1. The Hall–Kier alpha value is -4.66. The summed E-state index contributed by atoms with van der Waals surface area (Å²) < 4.78 is 118. The predicted molar refractivity (Wildman–Crippen MR) is 213 cm³/mol. The number of fused-ring (bicyclic) bond motifs is 2. The highest BCUT2D eigenvalue weighted by atomic mass is 32.2. The molecule has 0 saturated carbocycles. The number of anilines is 1. The van der Waals surface area contributed by atoms with E-state index in [0.29, 0.717) is 45.1 Å². The van der Waals surface area contributed by atoms with Crippen molar-refractivity contribution in [1.29, 1.82) is 0 Å². The van der Waals surface area contributed by atoms with Crippen molar-refractivity contribution >= 4 is 65.2 Å². The number of hydrogen-bond donors (Lipinski definition) is 3. The Morgan fingerprint density at radius 3 is 2.12 bits per heavy atom. The zero-order valence-corrected chi connectivity index (χ0v) is 34.9. The molecule has 0 fully saturated rings. The van der Waals surface area contributed by atoms with E-state index in [1.165, 1.54) is 18.2 Å². The summed E-state index contributed by atoms with van der Waals surface area (Å²) in [5.74, 6) is -2.28. The third kappa shape index (κ3) is 10.1. The summed E-state index contributed by atoms with van der Waals surface area (Å²) in [7, 11) is -13.1. The number of esters is 2. The molecular formula is C39H47N2O14S3+. The van der Waals surface area contributed by atoms with Gasteiger partial charge in [0.15, 0.2) is 12.0 Å². The van der Waals surface area contributed by atoms with Crippen molar-refractivity contribution in [1.82, 2.24) is 0 Å². The first kappa shape index (κ1) is 44.4. The van der Waals surface area contributed by atoms with Crippen molar-refractivity contribution < 1.29 is 67.0 Å². The Balaban J connectivity index is 1.64. The van der Waals surface area contributed by atoms with Crippen molar-refractivity contribution in [3.8, 4) is 0 Å². The number of aryl methyl sites for hydroxylation is 1. The minimum atomic E-state index is -4.57. The molecule has 0 unspecified atom stereocenters. The van der Waals surface area contributed by atoms with E-state index in [1.807, 2.05) is 13.8 Å². The number of oxazole rings is 1. The fourth-order valence-electron chi connectivity index (χ4n) is 7.36. The molecule has 1 aliphatic carbocycles. The number of ether oxygens (including phenoxy) is 2. The number of benzene rings is 2. The number of aromatic nitrogens is 1. The van der Waals surface area contributed by atoms with E-state index in [9.17, 15) is 48.5 Å². The van der Waals surface area contributed by atoms with E-state index < -0.39 is 64.6 Å². The number of carbonyl (C=O) groups excluding carboxylic acids is 2. The molecule has 2 aliphatic rings. The lowest BCUT2D eigenvalue weighted by Crippen LogP contribution is -2.44. The number of para-hydroxylation sites is 2. The van der Waals surface area contributed by atoms with E-state index in [-0.39, 0.29) is 56.9 Å². The highest BCUT2D eigenvalue weighted by Gasteiger charge is 2.51. The average Bonchev–Trinajstić information content (AvgIpc) is 3.58. The van der Waals surface area contributed by atoms with Crippen LogP contribution in [0.1, 0.15) is 64.8 Å². The second-order valence-electron chi connectivity index (χ2n) is 14.5. The van der Waals surface area contributed by atoms with Crippen LogP contribution in [0.3, 0.4) is 0 Å². The molecule has 2 heterocycles. The van der Waals surface area contributed by atoms with Gasteiger partial charge in [-0.3, -0.25) is 23.2 Å². The Morgan fingerprint density at radius 1 is 0.862 bits per heavy atom. The number of carbonyl (C=O) groups is 2.